The summed E-state index contributed by atoms with van der Waals surface area (Å²) < 4.78 is 0. The van der Waals surface area contributed by atoms with Crippen molar-refractivity contribution in [3.63, 3.8) is 0 Å². The third-order valence-electron chi connectivity index (χ3n) is 5.62. The minimum atomic E-state index is -0.555. The minimum absolute atomic E-state index is 0.434. The highest BCUT2D eigenvalue weighted by Crippen LogP contribution is 2.40. The zero-order chi connectivity index (χ0) is 16.3. The number of aliphatic hydroxyl groups is 1. The van der Waals surface area contributed by atoms with Crippen molar-refractivity contribution in [2.45, 2.75) is 44.8 Å². The molecule has 1 saturated heterocycles. The number of rotatable bonds is 6. The summed E-state index contributed by atoms with van der Waals surface area (Å²) in [7, 11) is 0. The number of allylic oxidation sites excluding steroid dienone is 2. The SMILES string of the molecule is CCN(CC)CCN1C=CC2=CC=C(C3(O)CCSCC3)CC21. The third-order valence-corrected chi connectivity index (χ3v) is 6.61. The average Bonchev–Trinajstić information content (AvgIpc) is 2.99. The Labute approximate surface area is 145 Å². The van der Waals surface area contributed by atoms with Gasteiger partial charge in [0.2, 0.25) is 0 Å². The van der Waals surface area contributed by atoms with E-state index in [0.717, 1.165) is 56.9 Å². The van der Waals surface area contributed by atoms with Crippen LogP contribution in [0.2, 0.25) is 0 Å². The Morgan fingerprint density at radius 3 is 2.70 bits per heavy atom. The topological polar surface area (TPSA) is 26.7 Å². The second-order valence-corrected chi connectivity index (χ2v) is 8.03. The molecule has 0 radical (unpaired) electrons. The second-order valence-electron chi connectivity index (χ2n) is 6.80. The lowest BCUT2D eigenvalue weighted by Gasteiger charge is -2.39. The molecule has 0 saturated carbocycles. The summed E-state index contributed by atoms with van der Waals surface area (Å²) in [6, 6.07) is 0.434. The van der Waals surface area contributed by atoms with Gasteiger partial charge in [-0.25, -0.2) is 0 Å². The Kier molecular flexibility index (Phi) is 5.55. The largest absolute Gasteiger partial charge is 0.385 e. The molecule has 23 heavy (non-hydrogen) atoms. The van der Waals surface area contributed by atoms with E-state index in [-0.39, 0.29) is 0 Å². The zero-order valence-corrected chi connectivity index (χ0v) is 15.3. The Hall–Kier alpha value is -0.710. The van der Waals surface area contributed by atoms with E-state index >= 15 is 0 Å². The first kappa shape index (κ1) is 17.1. The van der Waals surface area contributed by atoms with Crippen LogP contribution in [0.25, 0.3) is 0 Å². The molecule has 3 rings (SSSR count). The molecule has 0 bridgehead atoms. The van der Waals surface area contributed by atoms with E-state index in [1.54, 1.807) is 0 Å². The van der Waals surface area contributed by atoms with Gasteiger partial charge in [0.05, 0.1) is 11.6 Å². The quantitative estimate of drug-likeness (QED) is 0.808. The van der Waals surface area contributed by atoms with Gasteiger partial charge in [-0.1, -0.05) is 26.0 Å². The van der Waals surface area contributed by atoms with Crippen LogP contribution in [-0.2, 0) is 0 Å². The van der Waals surface area contributed by atoms with Gasteiger partial charge in [-0.2, -0.15) is 11.8 Å². The van der Waals surface area contributed by atoms with Gasteiger partial charge >= 0.3 is 0 Å². The Balaban J connectivity index is 1.64. The van der Waals surface area contributed by atoms with E-state index in [0.29, 0.717) is 6.04 Å². The molecule has 0 aromatic rings. The molecule has 4 heteroatoms. The second kappa shape index (κ2) is 7.45. The fraction of sp³-hybridized carbons (Fsp3) is 0.684. The molecule has 0 amide bonds. The predicted octanol–water partition coefficient (Wildman–Crippen LogP) is 3.04. The van der Waals surface area contributed by atoms with E-state index in [9.17, 15) is 5.11 Å². The molecule has 2 heterocycles. The Bertz CT molecular complexity index is 501. The van der Waals surface area contributed by atoms with Crippen LogP contribution in [0.4, 0.5) is 0 Å². The van der Waals surface area contributed by atoms with Crippen molar-refractivity contribution >= 4 is 11.8 Å². The summed E-state index contributed by atoms with van der Waals surface area (Å²) in [5.41, 5.74) is 2.10. The number of nitrogens with zero attached hydrogens (tertiary/aromatic N) is 2. The van der Waals surface area contributed by atoms with Crippen LogP contribution in [0.15, 0.2) is 35.6 Å². The van der Waals surface area contributed by atoms with Gasteiger partial charge in [-0.05, 0) is 61.1 Å². The molecule has 3 nitrogen and oxygen atoms in total. The number of thioether (sulfide) groups is 1. The summed E-state index contributed by atoms with van der Waals surface area (Å²) in [5.74, 6) is 2.16. The molecule has 0 aromatic heterocycles. The van der Waals surface area contributed by atoms with Gasteiger partial charge in [0.1, 0.15) is 0 Å². The molecule has 1 fully saturated rings. The van der Waals surface area contributed by atoms with Crippen LogP contribution in [0, 0.1) is 0 Å². The van der Waals surface area contributed by atoms with Gasteiger partial charge in [0, 0.05) is 19.3 Å². The summed E-state index contributed by atoms with van der Waals surface area (Å²) in [4.78, 5) is 4.94. The van der Waals surface area contributed by atoms with Crippen molar-refractivity contribution in [3.8, 4) is 0 Å². The summed E-state index contributed by atoms with van der Waals surface area (Å²) in [6.07, 6.45) is 11.7. The normalized spacial score (nSPS) is 26.3. The van der Waals surface area contributed by atoms with Crippen molar-refractivity contribution < 1.29 is 5.11 Å². The van der Waals surface area contributed by atoms with Crippen molar-refractivity contribution in [2.24, 2.45) is 0 Å². The lowest BCUT2D eigenvalue weighted by atomic mass is 9.80. The molecule has 2 aliphatic heterocycles. The van der Waals surface area contributed by atoms with Crippen molar-refractivity contribution in [2.75, 3.05) is 37.7 Å². The monoisotopic (exact) mass is 334 g/mol. The Morgan fingerprint density at radius 2 is 2.00 bits per heavy atom. The summed E-state index contributed by atoms with van der Waals surface area (Å²) in [6.45, 7) is 8.87. The maximum atomic E-state index is 11.0. The van der Waals surface area contributed by atoms with Crippen LogP contribution in [0.1, 0.15) is 33.1 Å². The Morgan fingerprint density at radius 1 is 1.26 bits per heavy atom. The standard InChI is InChI=1S/C19H30N2OS/c1-3-20(4-2)11-12-21-10-7-16-5-6-17(15-18(16)21)19(22)8-13-23-14-9-19/h5-7,10,18,22H,3-4,8-9,11-15H2,1-2H3. The van der Waals surface area contributed by atoms with Crippen LogP contribution in [-0.4, -0.2) is 64.2 Å². The van der Waals surface area contributed by atoms with Gasteiger partial charge in [0.25, 0.3) is 0 Å². The highest BCUT2D eigenvalue weighted by Gasteiger charge is 2.37. The van der Waals surface area contributed by atoms with Crippen LogP contribution < -0.4 is 0 Å². The lowest BCUT2D eigenvalue weighted by molar-refractivity contribution is 0.0629. The maximum absolute atomic E-state index is 11.0. The molecule has 0 aromatic carbocycles. The molecule has 3 aliphatic rings. The predicted molar refractivity (Wildman–Crippen MR) is 99.7 cm³/mol. The molecular formula is C19H30N2OS. The van der Waals surface area contributed by atoms with Gasteiger partial charge in [-0.3, -0.25) is 0 Å². The molecule has 1 unspecified atom stereocenters. The minimum Gasteiger partial charge on any atom is -0.385 e. The molecule has 0 spiro atoms. The fourth-order valence-electron chi connectivity index (χ4n) is 3.87. The van der Waals surface area contributed by atoms with Crippen LogP contribution in [0.3, 0.4) is 0 Å². The van der Waals surface area contributed by atoms with E-state index in [2.05, 4.69) is 48.1 Å². The fourth-order valence-corrected chi connectivity index (χ4v) is 5.03. The molecule has 1 aliphatic carbocycles. The molecule has 1 N–H and O–H groups in total. The van der Waals surface area contributed by atoms with Crippen LogP contribution >= 0.6 is 11.8 Å². The molecule has 1 atom stereocenters. The van der Waals surface area contributed by atoms with E-state index in [1.807, 2.05) is 11.8 Å². The number of hydrogen-bond donors (Lipinski definition) is 1. The summed E-state index contributed by atoms with van der Waals surface area (Å²) >= 11 is 1.97. The first-order valence-corrected chi connectivity index (χ1v) is 10.2. The lowest BCUT2D eigenvalue weighted by Crippen LogP contribution is -2.41. The van der Waals surface area contributed by atoms with Gasteiger partial charge in [0.15, 0.2) is 0 Å². The summed E-state index contributed by atoms with van der Waals surface area (Å²) in [5, 5.41) is 11.0. The van der Waals surface area contributed by atoms with E-state index < -0.39 is 5.60 Å². The first-order valence-electron chi connectivity index (χ1n) is 9.04. The van der Waals surface area contributed by atoms with Gasteiger partial charge < -0.3 is 14.9 Å². The van der Waals surface area contributed by atoms with E-state index in [1.165, 1.54) is 11.1 Å². The van der Waals surface area contributed by atoms with Gasteiger partial charge in [-0.15, -0.1) is 0 Å². The van der Waals surface area contributed by atoms with Crippen LogP contribution in [0.5, 0.6) is 0 Å². The average molecular weight is 335 g/mol. The van der Waals surface area contributed by atoms with Crippen molar-refractivity contribution in [1.29, 1.82) is 0 Å². The first-order chi connectivity index (χ1) is 11.2. The highest BCUT2D eigenvalue weighted by molar-refractivity contribution is 7.99. The maximum Gasteiger partial charge on any atom is 0.0876 e. The third kappa shape index (κ3) is 3.70. The van der Waals surface area contributed by atoms with E-state index in [4.69, 9.17) is 0 Å². The number of fused-ring (bicyclic) bond motifs is 1. The van der Waals surface area contributed by atoms with Crippen molar-refractivity contribution in [3.05, 3.63) is 35.6 Å². The number of likely N-dealkylation sites (N-methyl/N-ethyl adjacent to an activating group) is 1. The zero-order valence-electron chi connectivity index (χ0n) is 14.5. The van der Waals surface area contributed by atoms with Crippen molar-refractivity contribution in [1.82, 2.24) is 9.80 Å². The number of hydrogen-bond acceptors (Lipinski definition) is 4. The smallest absolute Gasteiger partial charge is 0.0876 e. The highest BCUT2D eigenvalue weighted by atomic mass is 32.2. The molecule has 128 valence electrons. The molecular weight excluding hydrogens is 304 g/mol.